The molecule has 2 rings (SSSR count). The van der Waals surface area contributed by atoms with Crippen molar-refractivity contribution < 1.29 is 0 Å². The second-order valence-corrected chi connectivity index (χ2v) is 5.83. The van der Waals surface area contributed by atoms with Crippen molar-refractivity contribution >= 4 is 0 Å². The number of rotatable bonds is 5. The largest absolute Gasteiger partial charge is 0.327 e. The summed E-state index contributed by atoms with van der Waals surface area (Å²) in [6, 6.07) is 1.22. The number of likely N-dealkylation sites (N-methyl/N-ethyl adjacent to an activating group) is 2. The van der Waals surface area contributed by atoms with Crippen LogP contribution in [0, 0.1) is 5.92 Å². The molecule has 0 amide bonds. The lowest BCUT2D eigenvalue weighted by Crippen LogP contribution is -2.46. The third kappa shape index (κ3) is 3.44. The van der Waals surface area contributed by atoms with Crippen LogP contribution in [-0.2, 0) is 0 Å². The summed E-state index contributed by atoms with van der Waals surface area (Å²) >= 11 is 0. The standard InChI is InChI=1S/C13H27N3/c1-15-8-3-4-12(10-15)16(2)9-7-13(14)11-5-6-11/h11-13H,3-10,14H2,1-2H3. The number of piperidine rings is 1. The van der Waals surface area contributed by atoms with Gasteiger partial charge in [-0.2, -0.15) is 0 Å². The smallest absolute Gasteiger partial charge is 0.0220 e. The van der Waals surface area contributed by atoms with Crippen molar-refractivity contribution in [3.05, 3.63) is 0 Å². The van der Waals surface area contributed by atoms with Crippen LogP contribution in [0.25, 0.3) is 0 Å². The van der Waals surface area contributed by atoms with Gasteiger partial charge in [-0.25, -0.2) is 0 Å². The van der Waals surface area contributed by atoms with E-state index in [1.165, 1.54) is 51.7 Å². The first-order chi connectivity index (χ1) is 7.66. The summed E-state index contributed by atoms with van der Waals surface area (Å²) in [5.74, 6) is 0.849. The molecule has 3 heteroatoms. The van der Waals surface area contributed by atoms with Gasteiger partial charge in [0.1, 0.15) is 0 Å². The molecule has 3 nitrogen and oxygen atoms in total. The van der Waals surface area contributed by atoms with Gasteiger partial charge in [-0.1, -0.05) is 0 Å². The zero-order valence-electron chi connectivity index (χ0n) is 10.9. The van der Waals surface area contributed by atoms with E-state index in [0.29, 0.717) is 6.04 Å². The first kappa shape index (κ1) is 12.3. The molecule has 0 aromatic rings. The van der Waals surface area contributed by atoms with Crippen molar-refractivity contribution in [1.29, 1.82) is 0 Å². The van der Waals surface area contributed by atoms with Crippen LogP contribution in [0.5, 0.6) is 0 Å². The van der Waals surface area contributed by atoms with Crippen molar-refractivity contribution in [2.24, 2.45) is 11.7 Å². The third-order valence-electron chi connectivity index (χ3n) is 4.27. The molecule has 0 spiro atoms. The maximum Gasteiger partial charge on any atom is 0.0220 e. The average molecular weight is 225 g/mol. The summed E-state index contributed by atoms with van der Waals surface area (Å²) in [6.07, 6.45) is 6.63. The van der Waals surface area contributed by atoms with E-state index in [2.05, 4.69) is 23.9 Å². The predicted molar refractivity (Wildman–Crippen MR) is 68.5 cm³/mol. The monoisotopic (exact) mass is 225 g/mol. The molecule has 1 saturated heterocycles. The van der Waals surface area contributed by atoms with Gasteiger partial charge in [0.25, 0.3) is 0 Å². The first-order valence-electron chi connectivity index (χ1n) is 6.81. The van der Waals surface area contributed by atoms with E-state index < -0.39 is 0 Å². The molecule has 1 aliphatic carbocycles. The number of likely N-dealkylation sites (tertiary alicyclic amines) is 1. The van der Waals surface area contributed by atoms with Crippen LogP contribution >= 0.6 is 0 Å². The molecule has 2 aliphatic rings. The number of nitrogens with zero attached hydrogens (tertiary/aromatic N) is 2. The number of hydrogen-bond donors (Lipinski definition) is 1. The van der Waals surface area contributed by atoms with Gasteiger partial charge >= 0.3 is 0 Å². The van der Waals surface area contributed by atoms with Gasteiger partial charge < -0.3 is 15.5 Å². The lowest BCUT2D eigenvalue weighted by Gasteiger charge is -2.36. The maximum absolute atomic E-state index is 6.15. The minimum Gasteiger partial charge on any atom is -0.327 e. The Morgan fingerprint density at radius 2 is 2.12 bits per heavy atom. The quantitative estimate of drug-likeness (QED) is 0.761. The highest BCUT2D eigenvalue weighted by Gasteiger charge is 2.29. The van der Waals surface area contributed by atoms with E-state index >= 15 is 0 Å². The van der Waals surface area contributed by atoms with E-state index in [-0.39, 0.29) is 0 Å². The summed E-state index contributed by atoms with van der Waals surface area (Å²) in [7, 11) is 4.50. The highest BCUT2D eigenvalue weighted by Crippen LogP contribution is 2.32. The number of hydrogen-bond acceptors (Lipinski definition) is 3. The van der Waals surface area contributed by atoms with Crippen molar-refractivity contribution in [1.82, 2.24) is 9.80 Å². The molecular weight excluding hydrogens is 198 g/mol. The van der Waals surface area contributed by atoms with Crippen LogP contribution in [-0.4, -0.2) is 55.6 Å². The van der Waals surface area contributed by atoms with E-state index in [9.17, 15) is 0 Å². The SMILES string of the molecule is CN1CCCC(N(C)CCC(N)C2CC2)C1. The summed E-state index contributed by atoms with van der Waals surface area (Å²) in [6.45, 7) is 3.68. The lowest BCUT2D eigenvalue weighted by atomic mass is 10.0. The second-order valence-electron chi connectivity index (χ2n) is 5.83. The molecule has 2 N–H and O–H groups in total. The third-order valence-corrected chi connectivity index (χ3v) is 4.27. The zero-order chi connectivity index (χ0) is 11.5. The minimum absolute atomic E-state index is 0.462. The molecular formula is C13H27N3. The van der Waals surface area contributed by atoms with Gasteiger partial charge in [0.2, 0.25) is 0 Å². The Balaban J connectivity index is 1.67. The summed E-state index contributed by atoms with van der Waals surface area (Å²) in [5, 5.41) is 0. The Hall–Kier alpha value is -0.120. The molecule has 0 bridgehead atoms. The molecule has 1 heterocycles. The molecule has 2 unspecified atom stereocenters. The maximum atomic E-state index is 6.15. The fraction of sp³-hybridized carbons (Fsp3) is 1.00. The van der Waals surface area contributed by atoms with Gasteiger partial charge in [0.05, 0.1) is 0 Å². The second kappa shape index (κ2) is 5.48. The van der Waals surface area contributed by atoms with E-state index in [1.807, 2.05) is 0 Å². The normalized spacial score (nSPS) is 29.6. The first-order valence-corrected chi connectivity index (χ1v) is 6.81. The molecule has 94 valence electrons. The van der Waals surface area contributed by atoms with Crippen LogP contribution in [0.3, 0.4) is 0 Å². The van der Waals surface area contributed by atoms with Crippen LogP contribution in [0.2, 0.25) is 0 Å². The molecule has 0 aromatic carbocycles. The minimum atomic E-state index is 0.462. The summed E-state index contributed by atoms with van der Waals surface area (Å²) < 4.78 is 0. The molecule has 0 aromatic heterocycles. The van der Waals surface area contributed by atoms with E-state index in [0.717, 1.165) is 12.0 Å². The van der Waals surface area contributed by atoms with Crippen LogP contribution in [0.1, 0.15) is 32.1 Å². The Bertz CT molecular complexity index is 215. The highest BCUT2D eigenvalue weighted by atomic mass is 15.2. The molecule has 2 atom stereocenters. The van der Waals surface area contributed by atoms with Gasteiger partial charge in [0, 0.05) is 18.6 Å². The molecule has 1 aliphatic heterocycles. The Labute approximate surface area is 100.0 Å². The fourth-order valence-corrected chi connectivity index (χ4v) is 2.79. The Kier molecular flexibility index (Phi) is 4.22. The van der Waals surface area contributed by atoms with Gasteiger partial charge in [0.15, 0.2) is 0 Å². The van der Waals surface area contributed by atoms with Crippen LogP contribution in [0.4, 0.5) is 0 Å². The van der Waals surface area contributed by atoms with Crippen molar-refractivity contribution in [3.63, 3.8) is 0 Å². The van der Waals surface area contributed by atoms with Gasteiger partial charge in [-0.15, -0.1) is 0 Å². The predicted octanol–water partition coefficient (Wildman–Crippen LogP) is 1.14. The van der Waals surface area contributed by atoms with Gasteiger partial charge in [-0.3, -0.25) is 0 Å². The van der Waals surface area contributed by atoms with Crippen molar-refractivity contribution in [2.75, 3.05) is 33.7 Å². The molecule has 2 fully saturated rings. The Morgan fingerprint density at radius 1 is 1.38 bits per heavy atom. The number of nitrogens with two attached hydrogens (primary N) is 1. The van der Waals surface area contributed by atoms with Crippen molar-refractivity contribution in [3.8, 4) is 0 Å². The molecule has 0 radical (unpaired) electrons. The summed E-state index contributed by atoms with van der Waals surface area (Å²) in [5.41, 5.74) is 6.15. The summed E-state index contributed by atoms with van der Waals surface area (Å²) in [4.78, 5) is 4.98. The van der Waals surface area contributed by atoms with Crippen LogP contribution in [0.15, 0.2) is 0 Å². The molecule has 16 heavy (non-hydrogen) atoms. The lowest BCUT2D eigenvalue weighted by molar-refractivity contribution is 0.131. The Morgan fingerprint density at radius 3 is 2.75 bits per heavy atom. The van der Waals surface area contributed by atoms with Crippen LogP contribution < -0.4 is 5.73 Å². The van der Waals surface area contributed by atoms with E-state index in [4.69, 9.17) is 5.73 Å². The topological polar surface area (TPSA) is 32.5 Å². The molecule has 1 saturated carbocycles. The van der Waals surface area contributed by atoms with E-state index in [1.54, 1.807) is 0 Å². The van der Waals surface area contributed by atoms with Gasteiger partial charge in [-0.05, 0) is 65.2 Å². The zero-order valence-corrected chi connectivity index (χ0v) is 10.9. The highest BCUT2D eigenvalue weighted by molar-refractivity contribution is 4.85. The average Bonchev–Trinajstić information content (AvgIpc) is 3.09. The van der Waals surface area contributed by atoms with Crippen molar-refractivity contribution in [2.45, 2.75) is 44.2 Å². The fourth-order valence-electron chi connectivity index (χ4n) is 2.79.